The summed E-state index contributed by atoms with van der Waals surface area (Å²) in [7, 11) is -3.31. The predicted molar refractivity (Wildman–Crippen MR) is 121 cm³/mol. The third kappa shape index (κ3) is 5.41. The van der Waals surface area contributed by atoms with Gasteiger partial charge in [0.15, 0.2) is 9.84 Å². The maximum atomic E-state index is 13.5. The Morgan fingerprint density at radius 1 is 0.719 bits per heavy atom. The van der Waals surface area contributed by atoms with Gasteiger partial charge in [-0.1, -0.05) is 42.5 Å². The minimum atomic E-state index is -3.31. The molecule has 1 heterocycles. The summed E-state index contributed by atoms with van der Waals surface area (Å²) in [5.74, 6) is -0.511. The van der Waals surface area contributed by atoms with E-state index in [1.807, 2.05) is 0 Å². The average molecular weight is 457 g/mol. The first-order chi connectivity index (χ1) is 15.4. The summed E-state index contributed by atoms with van der Waals surface area (Å²) in [6.45, 7) is 3.38. The van der Waals surface area contributed by atoms with E-state index in [4.69, 9.17) is 0 Å². The second-order valence-corrected chi connectivity index (χ2v) is 10.1. The highest BCUT2D eigenvalue weighted by atomic mass is 32.2. The van der Waals surface area contributed by atoms with Crippen LogP contribution in [-0.2, 0) is 9.84 Å². The van der Waals surface area contributed by atoms with Crippen molar-refractivity contribution < 1.29 is 17.2 Å². The first kappa shape index (κ1) is 22.6. The van der Waals surface area contributed by atoms with Crippen LogP contribution in [0.5, 0.6) is 0 Å². The molecular weight excluding hydrogens is 430 g/mol. The fourth-order valence-corrected chi connectivity index (χ4v) is 5.45. The van der Waals surface area contributed by atoms with E-state index in [9.17, 15) is 17.2 Å². The number of piperazine rings is 1. The smallest absolute Gasteiger partial charge is 0.179 e. The largest absolute Gasteiger partial charge is 0.300 e. The fourth-order valence-electron chi connectivity index (χ4n) is 4.14. The van der Waals surface area contributed by atoms with Gasteiger partial charge in [0, 0.05) is 32.7 Å². The van der Waals surface area contributed by atoms with Gasteiger partial charge in [-0.15, -0.1) is 0 Å². The highest BCUT2D eigenvalue weighted by molar-refractivity contribution is 7.91. The van der Waals surface area contributed by atoms with Gasteiger partial charge in [0.1, 0.15) is 11.6 Å². The first-order valence-corrected chi connectivity index (χ1v) is 12.3. The van der Waals surface area contributed by atoms with Crippen LogP contribution in [0.1, 0.15) is 17.2 Å². The van der Waals surface area contributed by atoms with Crippen molar-refractivity contribution >= 4 is 9.84 Å². The molecule has 1 aliphatic rings. The summed E-state index contributed by atoms with van der Waals surface area (Å²) in [6.07, 6.45) is 0. The Morgan fingerprint density at radius 2 is 1.22 bits per heavy atom. The molecule has 3 aromatic carbocycles. The van der Waals surface area contributed by atoms with Crippen LogP contribution in [0, 0.1) is 11.6 Å². The quantitative estimate of drug-likeness (QED) is 0.536. The predicted octanol–water partition coefficient (Wildman–Crippen LogP) is 4.15. The molecule has 0 N–H and O–H groups in total. The van der Waals surface area contributed by atoms with Crippen LogP contribution in [0.3, 0.4) is 0 Å². The third-order valence-corrected chi connectivity index (χ3v) is 7.63. The Kier molecular flexibility index (Phi) is 6.98. The standard InChI is InChI=1S/C25H26F2N2O2S/c26-22-10-6-20(7-11-22)25(21-8-12-23(27)13-9-21)29-16-14-28(15-17-29)18-19-32(30,31)24-4-2-1-3-5-24/h1-13,25H,14-19H2. The average Bonchev–Trinajstić information content (AvgIpc) is 2.82. The Labute approximate surface area is 188 Å². The Balaban J connectivity index is 1.43. The molecule has 168 valence electrons. The van der Waals surface area contributed by atoms with Gasteiger partial charge in [0.2, 0.25) is 0 Å². The minimum absolute atomic E-state index is 0.0797. The topological polar surface area (TPSA) is 40.6 Å². The van der Waals surface area contributed by atoms with Crippen molar-refractivity contribution in [3.63, 3.8) is 0 Å². The Bertz CT molecular complexity index is 1070. The van der Waals surface area contributed by atoms with Crippen molar-refractivity contribution in [2.24, 2.45) is 0 Å². The molecule has 7 heteroatoms. The second kappa shape index (κ2) is 9.90. The monoisotopic (exact) mass is 456 g/mol. The SMILES string of the molecule is O=S(=O)(CCN1CCN(C(c2ccc(F)cc2)c2ccc(F)cc2)CC1)c1ccccc1. The molecule has 0 saturated carbocycles. The minimum Gasteiger partial charge on any atom is -0.300 e. The molecule has 0 amide bonds. The zero-order valence-electron chi connectivity index (χ0n) is 17.7. The van der Waals surface area contributed by atoms with Crippen molar-refractivity contribution in [2.75, 3.05) is 38.5 Å². The summed E-state index contributed by atoms with van der Waals surface area (Å²) in [5, 5.41) is 0. The molecule has 4 nitrogen and oxygen atoms in total. The van der Waals surface area contributed by atoms with Crippen LogP contribution in [-0.4, -0.2) is 56.7 Å². The Morgan fingerprint density at radius 3 is 1.72 bits per heavy atom. The van der Waals surface area contributed by atoms with Crippen molar-refractivity contribution in [1.82, 2.24) is 9.80 Å². The molecule has 0 bridgehead atoms. The maximum absolute atomic E-state index is 13.5. The lowest BCUT2D eigenvalue weighted by Gasteiger charge is -2.39. The van der Waals surface area contributed by atoms with E-state index in [0.717, 1.165) is 37.3 Å². The molecule has 3 aromatic rings. The lowest BCUT2D eigenvalue weighted by atomic mass is 9.96. The number of sulfone groups is 1. The molecule has 32 heavy (non-hydrogen) atoms. The molecule has 1 saturated heterocycles. The highest BCUT2D eigenvalue weighted by Gasteiger charge is 2.27. The van der Waals surface area contributed by atoms with Crippen LogP contribution in [0.25, 0.3) is 0 Å². The number of nitrogens with zero attached hydrogens (tertiary/aromatic N) is 2. The normalized spacial score (nSPS) is 15.8. The van der Waals surface area contributed by atoms with Gasteiger partial charge < -0.3 is 0 Å². The number of hydrogen-bond donors (Lipinski definition) is 0. The summed E-state index contributed by atoms with van der Waals surface area (Å²) in [6, 6.07) is 21.2. The van der Waals surface area contributed by atoms with Crippen molar-refractivity contribution in [2.45, 2.75) is 10.9 Å². The fraction of sp³-hybridized carbons (Fsp3) is 0.280. The zero-order valence-corrected chi connectivity index (χ0v) is 18.5. The van der Waals surface area contributed by atoms with E-state index >= 15 is 0 Å². The van der Waals surface area contributed by atoms with Gasteiger partial charge in [-0.3, -0.25) is 9.80 Å². The van der Waals surface area contributed by atoms with Crippen molar-refractivity contribution in [3.05, 3.63) is 102 Å². The molecule has 4 rings (SSSR count). The molecule has 0 spiro atoms. The van der Waals surface area contributed by atoms with Crippen LogP contribution < -0.4 is 0 Å². The van der Waals surface area contributed by atoms with Gasteiger partial charge in [-0.05, 0) is 47.5 Å². The summed E-state index contributed by atoms with van der Waals surface area (Å²) >= 11 is 0. The maximum Gasteiger partial charge on any atom is 0.179 e. The molecule has 1 fully saturated rings. The van der Waals surface area contributed by atoms with Gasteiger partial charge in [-0.2, -0.15) is 0 Å². The number of benzene rings is 3. The van der Waals surface area contributed by atoms with E-state index in [1.165, 1.54) is 24.3 Å². The first-order valence-electron chi connectivity index (χ1n) is 10.7. The van der Waals surface area contributed by atoms with Crippen LogP contribution >= 0.6 is 0 Å². The van der Waals surface area contributed by atoms with Crippen LogP contribution in [0.2, 0.25) is 0 Å². The molecular formula is C25H26F2N2O2S. The highest BCUT2D eigenvalue weighted by Crippen LogP contribution is 2.30. The second-order valence-electron chi connectivity index (χ2n) is 8.02. The number of halogens is 2. The number of hydrogen-bond acceptors (Lipinski definition) is 4. The van der Waals surface area contributed by atoms with Gasteiger partial charge >= 0.3 is 0 Å². The van der Waals surface area contributed by atoms with Crippen LogP contribution in [0.15, 0.2) is 83.8 Å². The van der Waals surface area contributed by atoms with Gasteiger partial charge in [-0.25, -0.2) is 17.2 Å². The molecule has 0 aliphatic carbocycles. The Hall–Kier alpha value is -2.61. The lowest BCUT2D eigenvalue weighted by Crippen LogP contribution is -2.48. The lowest BCUT2D eigenvalue weighted by molar-refractivity contribution is 0.114. The van der Waals surface area contributed by atoms with Gasteiger partial charge in [0.05, 0.1) is 16.7 Å². The van der Waals surface area contributed by atoms with Gasteiger partial charge in [0.25, 0.3) is 0 Å². The van der Waals surface area contributed by atoms with E-state index in [2.05, 4.69) is 9.80 Å². The zero-order chi connectivity index (χ0) is 22.6. The van der Waals surface area contributed by atoms with E-state index in [-0.39, 0.29) is 23.4 Å². The summed E-state index contributed by atoms with van der Waals surface area (Å²) in [5.41, 5.74) is 1.89. The van der Waals surface area contributed by atoms with E-state index < -0.39 is 9.84 Å². The number of rotatable bonds is 7. The molecule has 0 atom stereocenters. The summed E-state index contributed by atoms with van der Waals surface area (Å²) < 4.78 is 52.1. The molecule has 0 aromatic heterocycles. The van der Waals surface area contributed by atoms with Crippen LogP contribution in [0.4, 0.5) is 8.78 Å². The molecule has 1 aliphatic heterocycles. The third-order valence-electron chi connectivity index (χ3n) is 5.92. The van der Waals surface area contributed by atoms with Crippen molar-refractivity contribution in [1.29, 1.82) is 0 Å². The molecule has 0 radical (unpaired) electrons. The molecule has 0 unspecified atom stereocenters. The van der Waals surface area contributed by atoms with Crippen molar-refractivity contribution in [3.8, 4) is 0 Å². The van der Waals surface area contributed by atoms with E-state index in [0.29, 0.717) is 11.4 Å². The van der Waals surface area contributed by atoms with E-state index in [1.54, 1.807) is 54.6 Å². The summed E-state index contributed by atoms with van der Waals surface area (Å²) in [4.78, 5) is 4.79.